The molecule has 1 amide bonds. The summed E-state index contributed by atoms with van der Waals surface area (Å²) in [5.74, 6) is -0.0932. The average molecular weight is 370 g/mol. The molecule has 0 radical (unpaired) electrons. The number of nitrogens with one attached hydrogen (secondary N) is 1. The molecule has 3 nitrogen and oxygen atoms in total. The number of para-hydroxylation sites is 1. The summed E-state index contributed by atoms with van der Waals surface area (Å²) in [5, 5.41) is 5.99. The number of nitrogens with zero attached hydrogens (tertiary/aromatic N) is 1. The molecule has 2 heterocycles. The van der Waals surface area contributed by atoms with Crippen LogP contribution in [0.25, 0.3) is 21.5 Å². The number of benzene rings is 2. The van der Waals surface area contributed by atoms with Gasteiger partial charge in [-0.1, -0.05) is 30.3 Å². The lowest BCUT2D eigenvalue weighted by Crippen LogP contribution is -2.13. The van der Waals surface area contributed by atoms with Gasteiger partial charge in [-0.2, -0.15) is 0 Å². The van der Waals surface area contributed by atoms with Crippen LogP contribution in [0, 0.1) is 0 Å². The van der Waals surface area contributed by atoms with Gasteiger partial charge >= 0.3 is 0 Å². The molecule has 4 aromatic rings. The number of thiophene rings is 1. The van der Waals surface area contributed by atoms with Gasteiger partial charge in [-0.15, -0.1) is 11.3 Å². The van der Waals surface area contributed by atoms with Gasteiger partial charge in [0, 0.05) is 11.1 Å². The van der Waals surface area contributed by atoms with Crippen LogP contribution < -0.4 is 5.32 Å². The fraction of sp³-hybridized carbons (Fsp3) is 0.130. The number of hydrogen-bond donors (Lipinski definition) is 1. The van der Waals surface area contributed by atoms with Gasteiger partial charge in [-0.05, 0) is 66.1 Å². The molecule has 0 saturated carbocycles. The maximum atomic E-state index is 13.1. The largest absolute Gasteiger partial charge is 0.322 e. The minimum atomic E-state index is -0.0932. The Morgan fingerprint density at radius 3 is 2.74 bits per heavy atom. The lowest BCUT2D eigenvalue weighted by molar-refractivity contribution is 0.102. The highest BCUT2D eigenvalue weighted by Crippen LogP contribution is 2.29. The highest BCUT2D eigenvalue weighted by molar-refractivity contribution is 7.13. The van der Waals surface area contributed by atoms with E-state index in [1.807, 2.05) is 53.9 Å². The topological polar surface area (TPSA) is 42.0 Å². The molecule has 0 fully saturated rings. The second-order valence-electron chi connectivity index (χ2n) is 6.84. The summed E-state index contributed by atoms with van der Waals surface area (Å²) in [7, 11) is 0. The van der Waals surface area contributed by atoms with Crippen molar-refractivity contribution in [3.63, 3.8) is 0 Å². The number of carbonyl (C=O) groups excluding carboxylic acids is 1. The van der Waals surface area contributed by atoms with E-state index >= 15 is 0 Å². The molecule has 1 aliphatic rings. The van der Waals surface area contributed by atoms with Gasteiger partial charge in [0.1, 0.15) is 0 Å². The lowest BCUT2D eigenvalue weighted by atomic mass is 10.1. The first-order valence-electron chi connectivity index (χ1n) is 9.15. The maximum absolute atomic E-state index is 13.1. The normalized spacial score (nSPS) is 12.9. The Morgan fingerprint density at radius 1 is 0.963 bits per heavy atom. The van der Waals surface area contributed by atoms with Crippen LogP contribution in [-0.4, -0.2) is 10.9 Å². The number of fused-ring (bicyclic) bond motifs is 2. The molecule has 0 saturated heterocycles. The van der Waals surface area contributed by atoms with E-state index in [9.17, 15) is 4.79 Å². The van der Waals surface area contributed by atoms with Gasteiger partial charge in [0.2, 0.25) is 0 Å². The number of hydrogen-bond acceptors (Lipinski definition) is 3. The Kier molecular flexibility index (Phi) is 3.98. The van der Waals surface area contributed by atoms with Crippen molar-refractivity contribution < 1.29 is 4.79 Å². The zero-order valence-electron chi connectivity index (χ0n) is 14.7. The monoisotopic (exact) mass is 370 g/mol. The summed E-state index contributed by atoms with van der Waals surface area (Å²) in [6, 6.07) is 20.0. The van der Waals surface area contributed by atoms with Crippen molar-refractivity contribution in [3.8, 4) is 10.6 Å². The number of pyridine rings is 1. The first-order valence-corrected chi connectivity index (χ1v) is 10.0. The summed E-state index contributed by atoms with van der Waals surface area (Å²) in [6.45, 7) is 0. The summed E-state index contributed by atoms with van der Waals surface area (Å²) < 4.78 is 0. The second-order valence-corrected chi connectivity index (χ2v) is 7.79. The van der Waals surface area contributed by atoms with Crippen LogP contribution in [-0.2, 0) is 12.8 Å². The van der Waals surface area contributed by atoms with Gasteiger partial charge in [0.15, 0.2) is 0 Å². The molecule has 2 aromatic carbocycles. The van der Waals surface area contributed by atoms with E-state index in [2.05, 4.69) is 17.4 Å². The summed E-state index contributed by atoms with van der Waals surface area (Å²) in [4.78, 5) is 18.9. The molecular weight excluding hydrogens is 352 g/mol. The predicted octanol–water partition coefficient (Wildman–Crippen LogP) is 5.70. The van der Waals surface area contributed by atoms with Gasteiger partial charge in [0.05, 0.1) is 21.7 Å². The molecular formula is C23H18N2OS. The van der Waals surface area contributed by atoms with Crippen LogP contribution in [0.2, 0.25) is 0 Å². The van der Waals surface area contributed by atoms with E-state index in [-0.39, 0.29) is 5.91 Å². The van der Waals surface area contributed by atoms with Crippen LogP contribution in [0.3, 0.4) is 0 Å². The highest BCUT2D eigenvalue weighted by Gasteiger charge is 2.16. The average Bonchev–Trinajstić information content (AvgIpc) is 3.38. The van der Waals surface area contributed by atoms with E-state index in [4.69, 9.17) is 4.98 Å². The molecule has 1 aliphatic carbocycles. The van der Waals surface area contributed by atoms with E-state index in [1.54, 1.807) is 11.3 Å². The van der Waals surface area contributed by atoms with Crippen molar-refractivity contribution in [1.82, 2.24) is 4.98 Å². The molecule has 4 heteroatoms. The molecule has 1 N–H and O–H groups in total. The number of aromatic nitrogens is 1. The van der Waals surface area contributed by atoms with Crippen molar-refractivity contribution in [2.75, 3.05) is 5.32 Å². The lowest BCUT2D eigenvalue weighted by Gasteiger charge is -2.11. The van der Waals surface area contributed by atoms with E-state index in [0.717, 1.165) is 40.0 Å². The molecule has 5 rings (SSSR count). The molecule has 0 aliphatic heterocycles. The Morgan fingerprint density at radius 2 is 1.85 bits per heavy atom. The van der Waals surface area contributed by atoms with E-state index < -0.39 is 0 Å². The summed E-state index contributed by atoms with van der Waals surface area (Å²) in [6.07, 6.45) is 3.44. The third-order valence-electron chi connectivity index (χ3n) is 5.09. The quantitative estimate of drug-likeness (QED) is 0.502. The number of anilines is 1. The van der Waals surface area contributed by atoms with E-state index in [0.29, 0.717) is 5.56 Å². The highest BCUT2D eigenvalue weighted by atomic mass is 32.1. The van der Waals surface area contributed by atoms with Crippen molar-refractivity contribution in [1.29, 1.82) is 0 Å². The molecule has 27 heavy (non-hydrogen) atoms. The summed E-state index contributed by atoms with van der Waals surface area (Å²) >= 11 is 1.63. The van der Waals surface area contributed by atoms with Crippen molar-refractivity contribution >= 4 is 33.8 Å². The van der Waals surface area contributed by atoms with Crippen LogP contribution in [0.1, 0.15) is 27.9 Å². The van der Waals surface area contributed by atoms with Gasteiger partial charge in [0.25, 0.3) is 5.91 Å². The molecule has 0 unspecified atom stereocenters. The number of aryl methyl sites for hydroxylation is 2. The Bertz CT molecular complexity index is 1150. The summed E-state index contributed by atoms with van der Waals surface area (Å²) in [5.41, 5.74) is 5.95. The minimum absolute atomic E-state index is 0.0932. The van der Waals surface area contributed by atoms with Gasteiger partial charge in [-0.3, -0.25) is 4.79 Å². The smallest absolute Gasteiger partial charge is 0.256 e. The zero-order valence-corrected chi connectivity index (χ0v) is 15.6. The molecule has 0 spiro atoms. The molecule has 0 atom stereocenters. The van der Waals surface area contributed by atoms with Crippen LogP contribution in [0.15, 0.2) is 66.0 Å². The first kappa shape index (κ1) is 16.2. The third kappa shape index (κ3) is 3.02. The SMILES string of the molecule is O=C(Nc1ccc2c(c1)CCC2)c1cc(-c2cccs2)nc2ccccc12. The van der Waals surface area contributed by atoms with E-state index in [1.165, 1.54) is 17.5 Å². The predicted molar refractivity (Wildman–Crippen MR) is 111 cm³/mol. The third-order valence-corrected chi connectivity index (χ3v) is 5.98. The van der Waals surface area contributed by atoms with Crippen molar-refractivity contribution in [3.05, 3.63) is 82.7 Å². The first-order chi connectivity index (χ1) is 13.3. The molecule has 2 aromatic heterocycles. The van der Waals surface area contributed by atoms with Crippen molar-refractivity contribution in [2.24, 2.45) is 0 Å². The Balaban J connectivity index is 1.56. The Labute approximate surface area is 161 Å². The fourth-order valence-corrected chi connectivity index (χ4v) is 4.45. The van der Waals surface area contributed by atoms with Crippen LogP contribution >= 0.6 is 11.3 Å². The number of amides is 1. The Hall–Kier alpha value is -2.98. The van der Waals surface area contributed by atoms with Gasteiger partial charge in [-0.25, -0.2) is 4.98 Å². The number of rotatable bonds is 3. The van der Waals surface area contributed by atoms with Crippen LogP contribution in [0.4, 0.5) is 5.69 Å². The van der Waals surface area contributed by atoms with Gasteiger partial charge < -0.3 is 5.32 Å². The minimum Gasteiger partial charge on any atom is -0.322 e. The molecule has 0 bridgehead atoms. The molecule has 132 valence electrons. The van der Waals surface area contributed by atoms with Crippen molar-refractivity contribution in [2.45, 2.75) is 19.3 Å². The maximum Gasteiger partial charge on any atom is 0.256 e. The number of carbonyl (C=O) groups is 1. The standard InChI is InChI=1S/C23H18N2OS/c26-23(24-17-11-10-15-5-3-6-16(15)13-17)19-14-21(22-9-4-12-27-22)25-20-8-2-1-7-18(19)20/h1-2,4,7-14H,3,5-6H2,(H,24,26). The second kappa shape index (κ2) is 6.63. The van der Waals surface area contributed by atoms with Crippen LogP contribution in [0.5, 0.6) is 0 Å². The zero-order chi connectivity index (χ0) is 18.2. The fourth-order valence-electron chi connectivity index (χ4n) is 3.76.